The summed E-state index contributed by atoms with van der Waals surface area (Å²) in [5, 5.41) is 2.79. The molecule has 0 radical (unpaired) electrons. The van der Waals surface area contributed by atoms with Gasteiger partial charge < -0.3 is 10.1 Å². The van der Waals surface area contributed by atoms with E-state index in [2.05, 4.69) is 10.3 Å². The molecule has 0 aliphatic carbocycles. The zero-order chi connectivity index (χ0) is 23.2. The van der Waals surface area contributed by atoms with E-state index in [9.17, 15) is 13.6 Å². The molecule has 1 aliphatic rings. The number of carbonyl (C=O) groups is 1. The molecule has 3 rings (SSSR count). The van der Waals surface area contributed by atoms with Crippen molar-refractivity contribution in [3.05, 3.63) is 63.9 Å². The monoisotopic (exact) mass is 474 g/mol. The molecule has 10 heteroatoms. The van der Waals surface area contributed by atoms with Crippen LogP contribution < -0.4 is 5.32 Å². The molecule has 0 saturated carbocycles. The molecule has 2 aromatic rings. The molecule has 0 spiro atoms. The van der Waals surface area contributed by atoms with E-state index in [0.29, 0.717) is 11.1 Å². The quantitative estimate of drug-likeness (QED) is 0.383. The molecule has 1 aliphatic heterocycles. The fraction of sp³-hybridized carbons (Fsp3) is 0.381. The van der Waals surface area contributed by atoms with Crippen LogP contribution in [0.25, 0.3) is 0 Å². The van der Waals surface area contributed by atoms with Crippen molar-refractivity contribution in [1.82, 2.24) is 10.3 Å². The Hall–Kier alpha value is -2.10. The maximum absolute atomic E-state index is 15.5. The first-order chi connectivity index (χ1) is 14.3. The van der Waals surface area contributed by atoms with Gasteiger partial charge in [0.05, 0.1) is 11.6 Å². The Labute approximate surface area is 187 Å². The van der Waals surface area contributed by atoms with E-state index in [0.717, 1.165) is 13.0 Å². The zero-order valence-corrected chi connectivity index (χ0v) is 18.4. The van der Waals surface area contributed by atoms with Crippen molar-refractivity contribution in [2.45, 2.75) is 44.3 Å². The van der Waals surface area contributed by atoms with Crippen molar-refractivity contribution in [2.24, 2.45) is 0 Å². The first-order valence-electron chi connectivity index (χ1n) is 9.24. The number of nitrogens with one attached hydrogen (secondary N) is 1. The number of halogens is 5. The lowest BCUT2D eigenvalue weighted by Gasteiger charge is -2.44. The van der Waals surface area contributed by atoms with Crippen LogP contribution in [-0.4, -0.2) is 33.9 Å². The minimum Gasteiger partial charge on any atom is -0.363 e. The second kappa shape index (κ2) is 8.11. The van der Waals surface area contributed by atoms with E-state index in [4.69, 9.17) is 28.6 Å². The first-order valence-corrected chi connectivity index (χ1v) is 10.0. The Kier molecular flexibility index (Phi) is 6.16. The van der Waals surface area contributed by atoms with Crippen molar-refractivity contribution in [2.75, 3.05) is 6.61 Å². The van der Waals surface area contributed by atoms with Crippen LogP contribution in [0, 0.1) is 11.6 Å². The molecule has 31 heavy (non-hydrogen) atoms. The Balaban J connectivity index is 2.08. The lowest BCUT2D eigenvalue weighted by Crippen LogP contribution is -2.62. The summed E-state index contributed by atoms with van der Waals surface area (Å²) in [6.07, 6.45) is 0.737. The largest absolute Gasteiger partial charge is 0.363 e. The second-order valence-corrected chi connectivity index (χ2v) is 8.86. The molecule has 1 fully saturated rings. The van der Waals surface area contributed by atoms with Gasteiger partial charge in [-0.2, -0.15) is 0 Å². The summed E-state index contributed by atoms with van der Waals surface area (Å²) in [6.45, 7) is 3.11. The molecule has 1 aromatic carbocycles. The number of Topliss-reactive ketones (excluding diaryl/α,β-unsaturated/α-hetero) is 1. The fourth-order valence-corrected chi connectivity index (χ4v) is 3.86. The molecule has 166 valence electrons. The van der Waals surface area contributed by atoms with Crippen molar-refractivity contribution < 1.29 is 27.1 Å². The van der Waals surface area contributed by atoms with Crippen LogP contribution in [-0.2, 0) is 16.7 Å². The average Bonchev–Trinajstić information content (AvgIpc) is 2.73. The number of nitrogens with zero attached hydrogens (tertiary/aromatic N) is 1. The number of thiocarbonyl (C=S) groups is 1. The Morgan fingerprint density at radius 1 is 1.23 bits per heavy atom. The third-order valence-electron chi connectivity index (χ3n) is 5.38. The van der Waals surface area contributed by atoms with Crippen LogP contribution in [0.4, 0.5) is 17.6 Å². The molecule has 0 unspecified atom stereocenters. The van der Waals surface area contributed by atoms with Gasteiger partial charge in [-0.25, -0.2) is 17.6 Å². The summed E-state index contributed by atoms with van der Waals surface area (Å²) in [7, 11) is 0. The highest BCUT2D eigenvalue weighted by atomic mass is 35.5. The number of pyridine rings is 1. The third kappa shape index (κ3) is 4.18. The number of ketones is 1. The smallest absolute Gasteiger partial charge is 0.302 e. The topological polar surface area (TPSA) is 51.2 Å². The van der Waals surface area contributed by atoms with Gasteiger partial charge >= 0.3 is 5.92 Å². The Morgan fingerprint density at radius 3 is 2.52 bits per heavy atom. The van der Waals surface area contributed by atoms with Gasteiger partial charge in [0.1, 0.15) is 33.5 Å². The van der Waals surface area contributed by atoms with E-state index < -0.39 is 46.5 Å². The van der Waals surface area contributed by atoms with Crippen molar-refractivity contribution >= 4 is 34.6 Å². The molecule has 1 saturated heterocycles. The van der Waals surface area contributed by atoms with Gasteiger partial charge in [-0.05, 0) is 44.5 Å². The van der Waals surface area contributed by atoms with Gasteiger partial charge in [0, 0.05) is 24.2 Å². The summed E-state index contributed by atoms with van der Waals surface area (Å²) >= 11 is 10.8. The average molecular weight is 475 g/mol. The first kappa shape index (κ1) is 23.6. The summed E-state index contributed by atoms with van der Waals surface area (Å²) < 4.78 is 65.6. The van der Waals surface area contributed by atoms with E-state index in [1.807, 2.05) is 0 Å². The number of alkyl halides is 2. The number of rotatable bonds is 4. The summed E-state index contributed by atoms with van der Waals surface area (Å²) in [5.74, 6) is -6.49. The van der Waals surface area contributed by atoms with Crippen molar-refractivity contribution in [3.8, 4) is 0 Å². The predicted octanol–water partition coefficient (Wildman–Crippen LogP) is 5.01. The van der Waals surface area contributed by atoms with Gasteiger partial charge in [0.15, 0.2) is 5.78 Å². The van der Waals surface area contributed by atoms with Crippen LogP contribution in [0.15, 0.2) is 30.5 Å². The SMILES string of the molecule is CC1(C)OCC(=S)N[C@](C)(c2cc(CC(=O)c3ccc(Cl)cn3)c(F)cc2F)C1(F)F. The molecular weight excluding hydrogens is 456 g/mol. The molecule has 0 bridgehead atoms. The second-order valence-electron chi connectivity index (χ2n) is 7.93. The minimum atomic E-state index is -3.67. The van der Waals surface area contributed by atoms with Gasteiger partial charge in [-0.15, -0.1) is 0 Å². The van der Waals surface area contributed by atoms with Crippen LogP contribution >= 0.6 is 23.8 Å². The van der Waals surface area contributed by atoms with Crippen molar-refractivity contribution in [3.63, 3.8) is 0 Å². The lowest BCUT2D eigenvalue weighted by atomic mass is 9.77. The molecule has 1 atom stereocenters. The highest BCUT2D eigenvalue weighted by Gasteiger charge is 2.64. The molecule has 4 nitrogen and oxygen atoms in total. The van der Waals surface area contributed by atoms with Gasteiger partial charge in [-0.3, -0.25) is 9.78 Å². The maximum Gasteiger partial charge on any atom is 0.302 e. The molecule has 0 amide bonds. The lowest BCUT2D eigenvalue weighted by molar-refractivity contribution is -0.216. The Morgan fingerprint density at radius 2 is 1.90 bits per heavy atom. The summed E-state index contributed by atoms with van der Waals surface area (Å²) in [6, 6.07) is 4.20. The number of ether oxygens (including phenoxy) is 1. The van der Waals surface area contributed by atoms with Crippen LogP contribution in [0.1, 0.15) is 42.4 Å². The maximum atomic E-state index is 15.5. The zero-order valence-electron chi connectivity index (χ0n) is 16.9. The van der Waals surface area contributed by atoms with E-state index >= 15 is 8.78 Å². The molecule has 2 heterocycles. The number of aromatic nitrogens is 1. The van der Waals surface area contributed by atoms with Crippen LogP contribution in [0.3, 0.4) is 0 Å². The standard InChI is InChI=1S/C21H19ClF4N2O2S/c1-19(2)21(25,26)20(3,28-18(31)10-30-19)13-6-11(14(23)8-15(13)24)7-17(29)16-5-4-12(22)9-27-16/h4-6,8-9H,7,10H2,1-3H3,(H,28,31)/t20-/m1/s1. The van der Waals surface area contributed by atoms with E-state index in [-0.39, 0.29) is 22.9 Å². The summed E-state index contributed by atoms with van der Waals surface area (Å²) in [5.41, 5.74) is -5.16. The van der Waals surface area contributed by atoms with Gasteiger partial charge in [-0.1, -0.05) is 23.8 Å². The number of hydrogen-bond donors (Lipinski definition) is 1. The van der Waals surface area contributed by atoms with E-state index in [1.54, 1.807) is 0 Å². The van der Waals surface area contributed by atoms with Crippen molar-refractivity contribution in [1.29, 1.82) is 0 Å². The van der Waals surface area contributed by atoms with Gasteiger partial charge in [0.25, 0.3) is 0 Å². The van der Waals surface area contributed by atoms with Crippen LogP contribution in [0.2, 0.25) is 5.02 Å². The minimum absolute atomic E-state index is 0.00881. The predicted molar refractivity (Wildman–Crippen MR) is 112 cm³/mol. The van der Waals surface area contributed by atoms with E-state index in [1.165, 1.54) is 32.2 Å². The molecular formula is C21H19ClF4N2O2S. The fourth-order valence-electron chi connectivity index (χ4n) is 3.49. The van der Waals surface area contributed by atoms with Gasteiger partial charge in [0.2, 0.25) is 0 Å². The number of benzene rings is 1. The number of carbonyl (C=O) groups excluding carboxylic acids is 1. The van der Waals surface area contributed by atoms with Crippen LogP contribution in [0.5, 0.6) is 0 Å². The molecule has 1 aromatic heterocycles. The third-order valence-corrected chi connectivity index (χ3v) is 5.82. The highest BCUT2D eigenvalue weighted by Crippen LogP contribution is 2.48. The summed E-state index contributed by atoms with van der Waals surface area (Å²) in [4.78, 5) is 16.3. The molecule has 1 N–H and O–H groups in total. The Bertz CT molecular complexity index is 1050. The number of hydrogen-bond acceptors (Lipinski definition) is 4. The highest BCUT2D eigenvalue weighted by molar-refractivity contribution is 7.80. The normalized spacial score (nSPS) is 22.5.